The smallest absolute Gasteiger partial charge is 0.257 e. The molecule has 3 rings (SSSR count). The van der Waals surface area contributed by atoms with E-state index in [9.17, 15) is 14.0 Å². The molecule has 130 valence electrons. The van der Waals surface area contributed by atoms with Gasteiger partial charge in [-0.25, -0.2) is 9.29 Å². The van der Waals surface area contributed by atoms with E-state index in [0.29, 0.717) is 16.6 Å². The normalized spacial score (nSPS) is 17.0. The van der Waals surface area contributed by atoms with Crippen molar-refractivity contribution in [3.8, 4) is 0 Å². The lowest BCUT2D eigenvalue weighted by molar-refractivity contribution is -0.122. The molecule has 2 amide bonds. The summed E-state index contributed by atoms with van der Waals surface area (Å²) in [4.78, 5) is 27.9. The van der Waals surface area contributed by atoms with Crippen molar-refractivity contribution in [1.29, 1.82) is 0 Å². The van der Waals surface area contributed by atoms with Crippen LogP contribution in [0.4, 0.5) is 10.1 Å². The summed E-state index contributed by atoms with van der Waals surface area (Å²) in [5.41, 5.74) is 0.340. The highest BCUT2D eigenvalue weighted by molar-refractivity contribution is 7.80. The van der Waals surface area contributed by atoms with Crippen molar-refractivity contribution < 1.29 is 18.4 Å². The second-order valence-corrected chi connectivity index (χ2v) is 5.91. The first-order valence-corrected chi connectivity index (χ1v) is 8.05. The van der Waals surface area contributed by atoms with Crippen LogP contribution in [0.3, 0.4) is 0 Å². The van der Waals surface area contributed by atoms with Crippen LogP contribution in [0, 0.1) is 5.82 Å². The number of anilines is 1. The summed E-state index contributed by atoms with van der Waals surface area (Å²) in [6.45, 7) is 0.258. The minimum Gasteiger partial charge on any atom is -0.467 e. The second kappa shape index (κ2) is 7.02. The van der Waals surface area contributed by atoms with E-state index in [4.69, 9.17) is 16.6 Å². The molecule has 1 saturated heterocycles. The zero-order valence-corrected chi connectivity index (χ0v) is 14.3. The third-order valence-corrected chi connectivity index (χ3v) is 4.40. The molecular weight excluding hydrogens is 345 g/mol. The van der Waals surface area contributed by atoms with Gasteiger partial charge < -0.3 is 14.6 Å². The van der Waals surface area contributed by atoms with Crippen LogP contribution in [0.2, 0.25) is 0 Å². The molecule has 0 radical (unpaired) electrons. The van der Waals surface area contributed by atoms with E-state index in [1.165, 1.54) is 30.5 Å². The minimum absolute atomic E-state index is 0.0151. The standard InChI is InChI=1S/C17H16FN3O3S/c1-19-17(25)20(10-13-3-2-8-24-13)14-9-15(22)21(16(14)23)12-6-4-11(18)5-7-12/h2-8,14H,9-10H2,1H3,(H,19,25). The Bertz CT molecular complexity index is 792. The van der Waals surface area contributed by atoms with Gasteiger partial charge in [0.25, 0.3) is 5.91 Å². The van der Waals surface area contributed by atoms with Crippen molar-refractivity contribution in [3.05, 3.63) is 54.2 Å². The number of carbonyl (C=O) groups is 2. The minimum atomic E-state index is -0.748. The molecule has 25 heavy (non-hydrogen) atoms. The number of thiocarbonyl (C=S) groups is 1. The molecule has 0 spiro atoms. The molecule has 0 bridgehead atoms. The van der Waals surface area contributed by atoms with Crippen LogP contribution in [0.15, 0.2) is 47.1 Å². The summed E-state index contributed by atoms with van der Waals surface area (Å²) in [5, 5.41) is 3.17. The highest BCUT2D eigenvalue weighted by Crippen LogP contribution is 2.27. The largest absolute Gasteiger partial charge is 0.467 e. The van der Waals surface area contributed by atoms with Gasteiger partial charge in [-0.2, -0.15) is 0 Å². The zero-order valence-electron chi connectivity index (χ0n) is 13.4. The van der Waals surface area contributed by atoms with Crippen LogP contribution in [0.5, 0.6) is 0 Å². The van der Waals surface area contributed by atoms with E-state index in [1.54, 1.807) is 24.1 Å². The number of hydrogen-bond donors (Lipinski definition) is 1. The highest BCUT2D eigenvalue weighted by Gasteiger charge is 2.43. The first-order chi connectivity index (χ1) is 12.0. The number of hydrogen-bond acceptors (Lipinski definition) is 4. The van der Waals surface area contributed by atoms with Crippen LogP contribution >= 0.6 is 12.2 Å². The van der Waals surface area contributed by atoms with Crippen molar-refractivity contribution in [1.82, 2.24) is 10.2 Å². The molecule has 1 N–H and O–H groups in total. The quantitative estimate of drug-likeness (QED) is 0.664. The van der Waals surface area contributed by atoms with Gasteiger partial charge in [0.15, 0.2) is 5.11 Å². The summed E-state index contributed by atoms with van der Waals surface area (Å²) in [6, 6.07) is 7.99. The number of halogens is 1. The maximum Gasteiger partial charge on any atom is 0.257 e. The van der Waals surface area contributed by atoms with Crippen LogP contribution in [-0.4, -0.2) is 34.9 Å². The Morgan fingerprint density at radius 1 is 1.36 bits per heavy atom. The molecule has 1 atom stereocenters. The van der Waals surface area contributed by atoms with Crippen molar-refractivity contribution in [3.63, 3.8) is 0 Å². The number of nitrogens with zero attached hydrogens (tertiary/aromatic N) is 2. The monoisotopic (exact) mass is 361 g/mol. The molecule has 1 aliphatic rings. The third-order valence-electron chi connectivity index (χ3n) is 3.96. The first-order valence-electron chi connectivity index (χ1n) is 7.64. The first kappa shape index (κ1) is 17.1. The SMILES string of the molecule is CNC(=S)N(Cc1ccco1)C1CC(=O)N(c2ccc(F)cc2)C1=O. The van der Waals surface area contributed by atoms with E-state index < -0.39 is 17.8 Å². The third kappa shape index (κ3) is 3.39. The molecule has 1 aliphatic heterocycles. The number of rotatable bonds is 4. The van der Waals surface area contributed by atoms with Gasteiger partial charge in [0.1, 0.15) is 17.6 Å². The molecule has 1 aromatic carbocycles. The molecular formula is C17H16FN3O3S. The van der Waals surface area contributed by atoms with Gasteiger partial charge in [0, 0.05) is 7.05 Å². The van der Waals surface area contributed by atoms with E-state index in [-0.39, 0.29) is 18.9 Å². The van der Waals surface area contributed by atoms with E-state index in [2.05, 4.69) is 5.32 Å². The lowest BCUT2D eigenvalue weighted by Crippen LogP contribution is -2.48. The van der Waals surface area contributed by atoms with Crippen molar-refractivity contribution in [2.24, 2.45) is 0 Å². The van der Waals surface area contributed by atoms with Crippen LogP contribution in [-0.2, 0) is 16.1 Å². The Balaban J connectivity index is 1.87. The predicted molar refractivity (Wildman–Crippen MR) is 93.2 cm³/mol. The molecule has 2 aromatic rings. The lowest BCUT2D eigenvalue weighted by atomic mass is 10.2. The number of benzene rings is 1. The lowest BCUT2D eigenvalue weighted by Gasteiger charge is -2.28. The maximum absolute atomic E-state index is 13.1. The van der Waals surface area contributed by atoms with Crippen molar-refractivity contribution >= 4 is 34.8 Å². The molecule has 8 heteroatoms. The number of imide groups is 1. The molecule has 2 heterocycles. The second-order valence-electron chi connectivity index (χ2n) is 5.53. The number of carbonyl (C=O) groups excluding carboxylic acids is 2. The summed E-state index contributed by atoms with van der Waals surface area (Å²) in [7, 11) is 1.65. The average Bonchev–Trinajstić information content (AvgIpc) is 3.21. The van der Waals surface area contributed by atoms with Gasteiger partial charge in [-0.15, -0.1) is 0 Å². The number of amides is 2. The van der Waals surface area contributed by atoms with Gasteiger partial charge in [-0.3, -0.25) is 9.59 Å². The van der Waals surface area contributed by atoms with Crippen LogP contribution in [0.1, 0.15) is 12.2 Å². The summed E-state index contributed by atoms with van der Waals surface area (Å²) >= 11 is 5.29. The Kier molecular flexibility index (Phi) is 4.80. The van der Waals surface area contributed by atoms with Crippen molar-refractivity contribution in [2.75, 3.05) is 11.9 Å². The molecule has 6 nitrogen and oxygen atoms in total. The van der Waals surface area contributed by atoms with E-state index in [1.807, 2.05) is 0 Å². The van der Waals surface area contributed by atoms with Gasteiger partial charge >= 0.3 is 0 Å². The Morgan fingerprint density at radius 3 is 2.68 bits per heavy atom. The molecule has 0 aliphatic carbocycles. The van der Waals surface area contributed by atoms with E-state index >= 15 is 0 Å². The Hall–Kier alpha value is -2.74. The van der Waals surface area contributed by atoms with Crippen molar-refractivity contribution in [2.45, 2.75) is 19.0 Å². The summed E-state index contributed by atoms with van der Waals surface area (Å²) in [5.74, 6) is -0.570. The Labute approximate surface area is 149 Å². The fourth-order valence-electron chi connectivity index (χ4n) is 2.76. The van der Waals surface area contributed by atoms with Crippen LogP contribution < -0.4 is 10.2 Å². The molecule has 1 unspecified atom stereocenters. The predicted octanol–water partition coefficient (Wildman–Crippen LogP) is 2.06. The van der Waals surface area contributed by atoms with E-state index in [0.717, 1.165) is 4.90 Å². The maximum atomic E-state index is 13.1. The summed E-state index contributed by atoms with van der Waals surface area (Å²) in [6.07, 6.45) is 1.51. The van der Waals surface area contributed by atoms with Gasteiger partial charge in [-0.1, -0.05) is 0 Å². The molecule has 0 saturated carbocycles. The van der Waals surface area contributed by atoms with Crippen LogP contribution in [0.25, 0.3) is 0 Å². The average molecular weight is 361 g/mol. The zero-order chi connectivity index (χ0) is 18.0. The fraction of sp³-hybridized carbons (Fsp3) is 0.235. The highest BCUT2D eigenvalue weighted by atomic mass is 32.1. The van der Waals surface area contributed by atoms with Gasteiger partial charge in [-0.05, 0) is 48.6 Å². The number of furan rings is 1. The topological polar surface area (TPSA) is 65.8 Å². The summed E-state index contributed by atoms with van der Waals surface area (Å²) < 4.78 is 18.4. The molecule has 1 aromatic heterocycles. The fourth-order valence-corrected chi connectivity index (χ4v) is 2.95. The van der Waals surface area contributed by atoms with Gasteiger partial charge in [0.2, 0.25) is 5.91 Å². The van der Waals surface area contributed by atoms with Gasteiger partial charge in [0.05, 0.1) is 24.9 Å². The number of nitrogens with one attached hydrogen (secondary N) is 1. The molecule has 1 fully saturated rings. The Morgan fingerprint density at radius 2 is 2.08 bits per heavy atom.